The van der Waals surface area contributed by atoms with E-state index in [0.717, 1.165) is 0 Å². The Labute approximate surface area is 102 Å². The van der Waals surface area contributed by atoms with Crippen molar-refractivity contribution in [2.24, 2.45) is 0 Å². The summed E-state index contributed by atoms with van der Waals surface area (Å²) in [4.78, 5) is 20.9. The van der Waals surface area contributed by atoms with Gasteiger partial charge in [0, 0.05) is 11.6 Å². The van der Waals surface area contributed by atoms with Crippen LogP contribution in [0.3, 0.4) is 0 Å². The van der Waals surface area contributed by atoms with Gasteiger partial charge >= 0.3 is 0 Å². The summed E-state index contributed by atoms with van der Waals surface area (Å²) in [6.07, 6.45) is 2.10. The van der Waals surface area contributed by atoms with Gasteiger partial charge in [-0.15, -0.1) is 0 Å². The predicted octanol–water partition coefficient (Wildman–Crippen LogP) is 2.61. The molecular formula is C12H10N2O4. The average molecular weight is 246 g/mol. The van der Waals surface area contributed by atoms with Gasteiger partial charge in [-0.25, -0.2) is 0 Å². The number of hydrogen-bond acceptors (Lipinski definition) is 5. The zero-order chi connectivity index (χ0) is 13.0. The predicted molar refractivity (Wildman–Crippen MR) is 64.5 cm³/mol. The van der Waals surface area contributed by atoms with Crippen LogP contribution in [-0.4, -0.2) is 11.2 Å². The first-order chi connectivity index (χ1) is 8.70. The number of furan rings is 1. The fourth-order valence-electron chi connectivity index (χ4n) is 1.52. The van der Waals surface area contributed by atoms with E-state index in [4.69, 9.17) is 4.42 Å². The van der Waals surface area contributed by atoms with Gasteiger partial charge in [0.25, 0.3) is 5.69 Å². The van der Waals surface area contributed by atoms with Crippen LogP contribution in [-0.2, 0) is 6.54 Å². The maximum Gasteiger partial charge on any atom is 0.293 e. The third-order valence-electron chi connectivity index (χ3n) is 2.39. The summed E-state index contributed by atoms with van der Waals surface area (Å²) >= 11 is 0. The normalized spacial score (nSPS) is 10.0. The van der Waals surface area contributed by atoms with Crippen LogP contribution in [0.5, 0.6) is 0 Å². The molecule has 1 N–H and O–H groups in total. The van der Waals surface area contributed by atoms with Crippen LogP contribution in [0.4, 0.5) is 11.4 Å². The second-order valence-electron chi connectivity index (χ2n) is 3.58. The van der Waals surface area contributed by atoms with Crippen molar-refractivity contribution in [3.8, 4) is 0 Å². The number of rotatable bonds is 5. The van der Waals surface area contributed by atoms with Crippen molar-refractivity contribution in [3.63, 3.8) is 0 Å². The molecule has 0 saturated carbocycles. The molecular weight excluding hydrogens is 236 g/mol. The smallest absolute Gasteiger partial charge is 0.293 e. The van der Waals surface area contributed by atoms with E-state index in [9.17, 15) is 14.9 Å². The second kappa shape index (κ2) is 5.13. The number of nitrogens with zero attached hydrogens (tertiary/aromatic N) is 1. The SMILES string of the molecule is O=Cc1ccc(NCc2ccco2)c([N+](=O)[O-])c1. The molecule has 2 aromatic rings. The van der Waals surface area contributed by atoms with Gasteiger partial charge in [0.15, 0.2) is 0 Å². The molecule has 0 aliphatic heterocycles. The Morgan fingerprint density at radius 3 is 2.83 bits per heavy atom. The Bertz CT molecular complexity index is 563. The van der Waals surface area contributed by atoms with E-state index in [0.29, 0.717) is 24.3 Å². The number of nitro benzene ring substituents is 1. The highest BCUT2D eigenvalue weighted by Crippen LogP contribution is 2.25. The van der Waals surface area contributed by atoms with Crippen molar-refractivity contribution in [1.82, 2.24) is 0 Å². The second-order valence-corrected chi connectivity index (χ2v) is 3.58. The van der Waals surface area contributed by atoms with Gasteiger partial charge in [-0.1, -0.05) is 0 Å². The Morgan fingerprint density at radius 2 is 2.22 bits per heavy atom. The van der Waals surface area contributed by atoms with E-state index in [1.807, 2.05) is 0 Å². The maximum atomic E-state index is 10.9. The number of nitro groups is 1. The standard InChI is InChI=1S/C12H10N2O4/c15-8-9-3-4-11(12(6-9)14(16)17)13-7-10-2-1-5-18-10/h1-6,8,13H,7H2. The molecule has 2 rings (SSSR count). The quantitative estimate of drug-likeness (QED) is 0.498. The summed E-state index contributed by atoms with van der Waals surface area (Å²) in [5.41, 5.74) is 0.485. The molecule has 18 heavy (non-hydrogen) atoms. The molecule has 0 aliphatic carbocycles. The molecule has 0 amide bonds. The number of hydrogen-bond donors (Lipinski definition) is 1. The Balaban J connectivity index is 2.21. The molecule has 0 aliphatic rings. The average Bonchev–Trinajstić information content (AvgIpc) is 2.89. The van der Waals surface area contributed by atoms with Crippen LogP contribution < -0.4 is 5.32 Å². The van der Waals surface area contributed by atoms with E-state index in [2.05, 4.69) is 5.32 Å². The topological polar surface area (TPSA) is 85.4 Å². The van der Waals surface area contributed by atoms with Gasteiger partial charge in [-0.2, -0.15) is 0 Å². The van der Waals surface area contributed by atoms with Gasteiger partial charge in [0.1, 0.15) is 17.7 Å². The summed E-state index contributed by atoms with van der Waals surface area (Å²) in [5, 5.41) is 13.8. The molecule has 92 valence electrons. The molecule has 6 heteroatoms. The molecule has 6 nitrogen and oxygen atoms in total. The largest absolute Gasteiger partial charge is 0.467 e. The zero-order valence-electron chi connectivity index (χ0n) is 9.33. The molecule has 0 fully saturated rings. The number of nitrogens with one attached hydrogen (secondary N) is 1. The monoisotopic (exact) mass is 246 g/mol. The van der Waals surface area contributed by atoms with Crippen LogP contribution in [0.15, 0.2) is 41.0 Å². The Morgan fingerprint density at radius 1 is 1.39 bits per heavy atom. The van der Waals surface area contributed by atoms with Crippen molar-refractivity contribution < 1.29 is 14.1 Å². The van der Waals surface area contributed by atoms with Crippen LogP contribution in [0, 0.1) is 10.1 Å². The number of anilines is 1. The maximum absolute atomic E-state index is 10.9. The van der Waals surface area contributed by atoms with E-state index in [1.54, 1.807) is 12.1 Å². The van der Waals surface area contributed by atoms with Gasteiger partial charge < -0.3 is 9.73 Å². The number of benzene rings is 1. The van der Waals surface area contributed by atoms with E-state index in [1.165, 1.54) is 24.5 Å². The van der Waals surface area contributed by atoms with Crippen molar-refractivity contribution >= 4 is 17.7 Å². The van der Waals surface area contributed by atoms with Crippen LogP contribution in [0.25, 0.3) is 0 Å². The van der Waals surface area contributed by atoms with Crippen molar-refractivity contribution in [2.45, 2.75) is 6.54 Å². The fraction of sp³-hybridized carbons (Fsp3) is 0.0833. The molecule has 1 heterocycles. The first-order valence-corrected chi connectivity index (χ1v) is 5.20. The van der Waals surface area contributed by atoms with E-state index >= 15 is 0 Å². The summed E-state index contributed by atoms with van der Waals surface area (Å²) in [6.45, 7) is 0.342. The minimum absolute atomic E-state index is 0.133. The lowest BCUT2D eigenvalue weighted by Crippen LogP contribution is -2.02. The van der Waals surface area contributed by atoms with Crippen LogP contribution in [0.1, 0.15) is 16.1 Å². The third-order valence-corrected chi connectivity index (χ3v) is 2.39. The van der Waals surface area contributed by atoms with Crippen molar-refractivity contribution in [1.29, 1.82) is 0 Å². The van der Waals surface area contributed by atoms with E-state index < -0.39 is 4.92 Å². The molecule has 1 aromatic heterocycles. The lowest BCUT2D eigenvalue weighted by atomic mass is 10.2. The highest BCUT2D eigenvalue weighted by molar-refractivity contribution is 5.79. The highest BCUT2D eigenvalue weighted by Gasteiger charge is 2.14. The molecule has 0 spiro atoms. The first-order valence-electron chi connectivity index (χ1n) is 5.20. The lowest BCUT2D eigenvalue weighted by Gasteiger charge is -2.05. The highest BCUT2D eigenvalue weighted by atomic mass is 16.6. The fourth-order valence-corrected chi connectivity index (χ4v) is 1.52. The molecule has 0 atom stereocenters. The molecule has 0 unspecified atom stereocenters. The zero-order valence-corrected chi connectivity index (χ0v) is 9.33. The Hall–Kier alpha value is -2.63. The molecule has 0 radical (unpaired) electrons. The summed E-state index contributed by atoms with van der Waals surface area (Å²) in [6, 6.07) is 7.76. The van der Waals surface area contributed by atoms with Crippen LogP contribution in [0.2, 0.25) is 0 Å². The lowest BCUT2D eigenvalue weighted by molar-refractivity contribution is -0.384. The van der Waals surface area contributed by atoms with Crippen LogP contribution >= 0.6 is 0 Å². The first kappa shape index (κ1) is 11.8. The van der Waals surface area contributed by atoms with Crippen molar-refractivity contribution in [2.75, 3.05) is 5.32 Å². The number of carbonyl (C=O) groups excluding carboxylic acids is 1. The van der Waals surface area contributed by atoms with Gasteiger partial charge in [0.2, 0.25) is 0 Å². The van der Waals surface area contributed by atoms with Crippen molar-refractivity contribution in [3.05, 3.63) is 58.0 Å². The summed E-state index contributed by atoms with van der Waals surface area (Å²) in [5.74, 6) is 0.670. The molecule has 0 bridgehead atoms. The minimum Gasteiger partial charge on any atom is -0.467 e. The summed E-state index contributed by atoms with van der Waals surface area (Å²) < 4.78 is 5.11. The van der Waals surface area contributed by atoms with E-state index in [-0.39, 0.29) is 11.3 Å². The summed E-state index contributed by atoms with van der Waals surface area (Å²) in [7, 11) is 0. The third kappa shape index (κ3) is 2.54. The number of aldehydes is 1. The number of carbonyl (C=O) groups is 1. The van der Waals surface area contributed by atoms with Gasteiger partial charge in [-0.05, 0) is 24.3 Å². The molecule has 0 saturated heterocycles. The Kier molecular flexibility index (Phi) is 3.38. The van der Waals surface area contributed by atoms with Gasteiger partial charge in [0.05, 0.1) is 17.7 Å². The minimum atomic E-state index is -0.530. The molecule has 1 aromatic carbocycles. The van der Waals surface area contributed by atoms with Gasteiger partial charge in [-0.3, -0.25) is 14.9 Å².